The lowest BCUT2D eigenvalue weighted by atomic mass is 10.1. The predicted octanol–water partition coefficient (Wildman–Crippen LogP) is 3.22. The molecule has 0 N–H and O–H groups in total. The van der Waals surface area contributed by atoms with Crippen LogP contribution in [0.15, 0.2) is 42.6 Å². The van der Waals surface area contributed by atoms with Gasteiger partial charge in [0, 0.05) is 38.9 Å². The van der Waals surface area contributed by atoms with Crippen LogP contribution in [0.25, 0.3) is 0 Å². The molecule has 0 unspecified atom stereocenters. The smallest absolute Gasteiger partial charge is 0.128 e. The second-order valence-electron chi connectivity index (χ2n) is 6.11. The Morgan fingerprint density at radius 1 is 1.17 bits per heavy atom. The molecule has 1 fully saturated rings. The molecule has 2 aromatic rings. The first-order valence-corrected chi connectivity index (χ1v) is 8.52. The minimum atomic E-state index is 0.353. The largest absolute Gasteiger partial charge is 0.377 e. The highest BCUT2D eigenvalue weighted by atomic mass is 16.5. The van der Waals surface area contributed by atoms with Gasteiger partial charge in [-0.15, -0.1) is 0 Å². The van der Waals surface area contributed by atoms with Gasteiger partial charge in [-0.3, -0.25) is 4.90 Å². The fourth-order valence-corrected chi connectivity index (χ4v) is 3.03. The summed E-state index contributed by atoms with van der Waals surface area (Å²) in [6.45, 7) is 5.71. The molecular formula is C19H25N3O. The van der Waals surface area contributed by atoms with Crippen molar-refractivity contribution in [3.8, 4) is 0 Å². The summed E-state index contributed by atoms with van der Waals surface area (Å²) < 4.78 is 5.83. The summed E-state index contributed by atoms with van der Waals surface area (Å²) in [5.41, 5.74) is 2.42. The lowest BCUT2D eigenvalue weighted by Gasteiger charge is -2.25. The summed E-state index contributed by atoms with van der Waals surface area (Å²) in [4.78, 5) is 11.4. The summed E-state index contributed by atoms with van der Waals surface area (Å²) >= 11 is 0. The van der Waals surface area contributed by atoms with Crippen LogP contribution in [0.3, 0.4) is 0 Å². The van der Waals surface area contributed by atoms with E-state index in [1.807, 2.05) is 12.3 Å². The van der Waals surface area contributed by atoms with Crippen molar-refractivity contribution in [1.82, 2.24) is 14.9 Å². The van der Waals surface area contributed by atoms with Crippen LogP contribution < -0.4 is 0 Å². The van der Waals surface area contributed by atoms with Gasteiger partial charge < -0.3 is 4.74 Å². The molecule has 3 rings (SSSR count). The number of hydrogen-bond acceptors (Lipinski definition) is 4. The van der Waals surface area contributed by atoms with E-state index in [9.17, 15) is 0 Å². The summed E-state index contributed by atoms with van der Waals surface area (Å²) in [6.07, 6.45) is 5.44. The fourth-order valence-electron chi connectivity index (χ4n) is 3.03. The van der Waals surface area contributed by atoms with E-state index < -0.39 is 0 Å². The van der Waals surface area contributed by atoms with Crippen LogP contribution in [0.4, 0.5) is 0 Å². The van der Waals surface area contributed by atoms with Gasteiger partial charge >= 0.3 is 0 Å². The Balaban J connectivity index is 1.70. The molecule has 122 valence electrons. The molecule has 0 aliphatic carbocycles. The Morgan fingerprint density at radius 3 is 2.78 bits per heavy atom. The number of nitrogens with zero attached hydrogens (tertiary/aromatic N) is 3. The number of aryl methyl sites for hydroxylation is 1. The average molecular weight is 311 g/mol. The molecule has 0 amide bonds. The Morgan fingerprint density at radius 2 is 2.04 bits per heavy atom. The molecule has 1 aromatic carbocycles. The molecule has 4 nitrogen and oxygen atoms in total. The van der Waals surface area contributed by atoms with Crippen molar-refractivity contribution in [1.29, 1.82) is 0 Å². The minimum absolute atomic E-state index is 0.353. The summed E-state index contributed by atoms with van der Waals surface area (Å²) in [5, 5.41) is 0. The monoisotopic (exact) mass is 311 g/mol. The van der Waals surface area contributed by atoms with Crippen molar-refractivity contribution in [3.63, 3.8) is 0 Å². The minimum Gasteiger partial charge on any atom is -0.377 e. The zero-order valence-corrected chi connectivity index (χ0v) is 13.8. The van der Waals surface area contributed by atoms with Gasteiger partial charge in [0.05, 0.1) is 11.8 Å². The molecule has 1 aliphatic rings. The topological polar surface area (TPSA) is 38.2 Å². The number of hydrogen-bond donors (Lipinski definition) is 0. The van der Waals surface area contributed by atoms with E-state index in [4.69, 9.17) is 4.74 Å². The third kappa shape index (κ3) is 4.85. The van der Waals surface area contributed by atoms with Crippen molar-refractivity contribution in [2.24, 2.45) is 0 Å². The first-order valence-electron chi connectivity index (χ1n) is 8.52. The molecule has 23 heavy (non-hydrogen) atoms. The van der Waals surface area contributed by atoms with E-state index in [-0.39, 0.29) is 0 Å². The lowest BCUT2D eigenvalue weighted by molar-refractivity contribution is 0.0674. The second-order valence-corrected chi connectivity index (χ2v) is 6.11. The molecule has 0 radical (unpaired) electrons. The highest BCUT2D eigenvalue weighted by Crippen LogP contribution is 2.16. The molecule has 4 heteroatoms. The maximum Gasteiger partial charge on any atom is 0.128 e. The molecule has 2 heterocycles. The predicted molar refractivity (Wildman–Crippen MR) is 90.9 cm³/mol. The van der Waals surface area contributed by atoms with E-state index in [0.717, 1.165) is 50.6 Å². The SMILES string of the molecule is CCc1nccc(CN(Cc2ccccc2)C[C@H]2CCCO2)n1. The van der Waals surface area contributed by atoms with Gasteiger partial charge in [-0.05, 0) is 24.5 Å². The standard InChI is InChI=1S/C19H25N3O/c1-2-19-20-11-10-17(21-19)14-22(15-18-9-6-12-23-18)13-16-7-4-3-5-8-16/h3-5,7-8,10-11,18H,2,6,9,12-15H2,1H3/t18-/m1/s1. The third-order valence-corrected chi connectivity index (χ3v) is 4.20. The molecule has 1 aliphatic heterocycles. The first kappa shape index (κ1) is 16.1. The number of rotatable bonds is 7. The fraction of sp³-hybridized carbons (Fsp3) is 0.474. The molecule has 0 saturated carbocycles. The van der Waals surface area contributed by atoms with Gasteiger partial charge in [-0.2, -0.15) is 0 Å². The average Bonchev–Trinajstić information content (AvgIpc) is 3.09. The maximum atomic E-state index is 5.83. The van der Waals surface area contributed by atoms with Crippen molar-refractivity contribution in [2.75, 3.05) is 13.2 Å². The molecule has 0 spiro atoms. The number of aromatic nitrogens is 2. The lowest BCUT2D eigenvalue weighted by Crippen LogP contribution is -2.31. The molecular weight excluding hydrogens is 286 g/mol. The second kappa shape index (κ2) is 8.18. The van der Waals surface area contributed by atoms with Gasteiger partial charge in [-0.25, -0.2) is 9.97 Å². The maximum absolute atomic E-state index is 5.83. The van der Waals surface area contributed by atoms with E-state index in [1.165, 1.54) is 12.0 Å². The summed E-state index contributed by atoms with van der Waals surface area (Å²) in [6, 6.07) is 12.6. The summed E-state index contributed by atoms with van der Waals surface area (Å²) in [7, 11) is 0. The Hall–Kier alpha value is -1.78. The van der Waals surface area contributed by atoms with Gasteiger partial charge in [-0.1, -0.05) is 37.3 Å². The van der Waals surface area contributed by atoms with Crippen LogP contribution in [0.1, 0.15) is 36.8 Å². The van der Waals surface area contributed by atoms with Crippen molar-refractivity contribution >= 4 is 0 Å². The quantitative estimate of drug-likeness (QED) is 0.787. The van der Waals surface area contributed by atoms with Crippen LogP contribution in [0.2, 0.25) is 0 Å². The summed E-state index contributed by atoms with van der Waals surface area (Å²) in [5.74, 6) is 0.916. The van der Waals surface area contributed by atoms with Crippen molar-refractivity contribution in [2.45, 2.75) is 45.4 Å². The van der Waals surface area contributed by atoms with E-state index in [1.54, 1.807) is 0 Å². The van der Waals surface area contributed by atoms with E-state index in [0.29, 0.717) is 6.10 Å². The van der Waals surface area contributed by atoms with Crippen LogP contribution in [0, 0.1) is 0 Å². The van der Waals surface area contributed by atoms with E-state index >= 15 is 0 Å². The normalized spacial score (nSPS) is 17.7. The molecule has 1 atom stereocenters. The van der Waals surface area contributed by atoms with Crippen LogP contribution in [0.5, 0.6) is 0 Å². The van der Waals surface area contributed by atoms with Crippen LogP contribution in [-0.4, -0.2) is 34.1 Å². The van der Waals surface area contributed by atoms with Crippen LogP contribution in [-0.2, 0) is 24.2 Å². The Bertz CT molecular complexity index is 597. The molecule has 1 saturated heterocycles. The number of benzene rings is 1. The zero-order chi connectivity index (χ0) is 15.9. The van der Waals surface area contributed by atoms with E-state index in [2.05, 4.69) is 52.1 Å². The van der Waals surface area contributed by atoms with Gasteiger partial charge in [0.1, 0.15) is 5.82 Å². The van der Waals surface area contributed by atoms with Gasteiger partial charge in [0.25, 0.3) is 0 Å². The van der Waals surface area contributed by atoms with Gasteiger partial charge in [0.15, 0.2) is 0 Å². The highest BCUT2D eigenvalue weighted by molar-refractivity contribution is 5.15. The third-order valence-electron chi connectivity index (χ3n) is 4.20. The molecule has 1 aromatic heterocycles. The Labute approximate surface area is 138 Å². The van der Waals surface area contributed by atoms with Crippen molar-refractivity contribution in [3.05, 3.63) is 59.7 Å². The van der Waals surface area contributed by atoms with Gasteiger partial charge in [0.2, 0.25) is 0 Å². The molecule has 0 bridgehead atoms. The Kier molecular flexibility index (Phi) is 5.72. The van der Waals surface area contributed by atoms with Crippen molar-refractivity contribution < 1.29 is 4.74 Å². The number of ether oxygens (including phenoxy) is 1. The first-order chi connectivity index (χ1) is 11.3. The highest BCUT2D eigenvalue weighted by Gasteiger charge is 2.20. The van der Waals surface area contributed by atoms with Crippen LogP contribution >= 0.6 is 0 Å². The zero-order valence-electron chi connectivity index (χ0n) is 13.8.